The minimum absolute atomic E-state index is 0.133. The van der Waals surface area contributed by atoms with Crippen LogP contribution >= 0.6 is 0 Å². The van der Waals surface area contributed by atoms with Crippen molar-refractivity contribution in [2.24, 2.45) is 5.92 Å². The number of benzene rings is 1. The van der Waals surface area contributed by atoms with Crippen molar-refractivity contribution in [2.45, 2.75) is 38.4 Å². The number of hydrogen-bond acceptors (Lipinski definition) is 5. The van der Waals surface area contributed by atoms with Crippen molar-refractivity contribution >= 4 is 6.09 Å². The monoisotopic (exact) mass is 364 g/mol. The first-order valence-corrected chi connectivity index (χ1v) is 9.05. The van der Waals surface area contributed by atoms with Crippen LogP contribution in [0.25, 0.3) is 0 Å². The number of rotatable bonds is 4. The van der Waals surface area contributed by atoms with Gasteiger partial charge in [0.1, 0.15) is 11.4 Å². The van der Waals surface area contributed by atoms with Gasteiger partial charge in [-0.3, -0.25) is 0 Å². The maximum absolute atomic E-state index is 12.5. The second-order valence-electron chi connectivity index (χ2n) is 8.29. The molecule has 1 fully saturated rings. The molecule has 1 saturated heterocycles. The molecule has 0 aliphatic carbocycles. The van der Waals surface area contributed by atoms with Crippen LogP contribution in [0.3, 0.4) is 0 Å². The molecular weight excluding hydrogens is 332 g/mol. The van der Waals surface area contributed by atoms with Gasteiger partial charge < -0.3 is 24.4 Å². The van der Waals surface area contributed by atoms with Crippen LogP contribution in [0.1, 0.15) is 32.8 Å². The molecule has 26 heavy (non-hydrogen) atoms. The lowest BCUT2D eigenvalue weighted by Gasteiger charge is -2.46. The highest BCUT2D eigenvalue weighted by Crippen LogP contribution is 2.39. The zero-order chi connectivity index (χ0) is 19.5. The summed E-state index contributed by atoms with van der Waals surface area (Å²) >= 11 is 0. The maximum Gasteiger partial charge on any atom is 0.410 e. The summed E-state index contributed by atoms with van der Waals surface area (Å²) in [5.74, 6) is 0.583. The van der Waals surface area contributed by atoms with Crippen LogP contribution in [0, 0.1) is 5.92 Å². The number of carbonyl (C=O) groups is 1. The van der Waals surface area contributed by atoms with Gasteiger partial charge in [-0.15, -0.1) is 0 Å². The quantitative estimate of drug-likeness (QED) is 0.890. The number of amides is 1. The number of ether oxygens (including phenoxy) is 2. The molecule has 0 aromatic heterocycles. The Kier molecular flexibility index (Phi) is 6.19. The number of carbonyl (C=O) groups excluding carboxylic acids is 1. The molecule has 1 aromatic rings. The number of piperidine rings is 1. The molecule has 0 spiro atoms. The molecule has 0 saturated carbocycles. The van der Waals surface area contributed by atoms with E-state index in [4.69, 9.17) is 9.47 Å². The van der Waals surface area contributed by atoms with Crippen molar-refractivity contribution in [2.75, 3.05) is 40.8 Å². The highest BCUT2D eigenvalue weighted by molar-refractivity contribution is 5.68. The summed E-state index contributed by atoms with van der Waals surface area (Å²) in [4.78, 5) is 16.2. The zero-order valence-electron chi connectivity index (χ0n) is 16.8. The number of methoxy groups -OCH3 is 1. The number of hydrogen-bond donors (Lipinski definition) is 1. The average molecular weight is 364 g/mol. The van der Waals surface area contributed by atoms with Gasteiger partial charge in [0.15, 0.2) is 0 Å². The van der Waals surface area contributed by atoms with Crippen molar-refractivity contribution in [3.8, 4) is 5.75 Å². The van der Waals surface area contributed by atoms with E-state index in [1.165, 1.54) is 0 Å². The van der Waals surface area contributed by atoms with E-state index in [1.54, 1.807) is 12.0 Å². The van der Waals surface area contributed by atoms with E-state index in [1.807, 2.05) is 64.0 Å². The fourth-order valence-electron chi connectivity index (χ4n) is 3.43. The minimum atomic E-state index is -1.02. The first-order valence-electron chi connectivity index (χ1n) is 9.05. The zero-order valence-corrected chi connectivity index (χ0v) is 16.8. The highest BCUT2D eigenvalue weighted by Gasteiger charge is 2.45. The van der Waals surface area contributed by atoms with E-state index in [2.05, 4.69) is 0 Å². The van der Waals surface area contributed by atoms with Crippen LogP contribution in [0.15, 0.2) is 24.3 Å². The van der Waals surface area contributed by atoms with Crippen LogP contribution in [0.4, 0.5) is 4.79 Å². The number of aliphatic hydroxyl groups is 1. The lowest BCUT2D eigenvalue weighted by molar-refractivity contribution is -0.0855. The van der Waals surface area contributed by atoms with Gasteiger partial charge in [-0.25, -0.2) is 4.79 Å². The Morgan fingerprint density at radius 2 is 2.08 bits per heavy atom. The third-order valence-electron chi connectivity index (χ3n) is 4.69. The molecular formula is C20H32N2O4. The van der Waals surface area contributed by atoms with Crippen LogP contribution in [0.5, 0.6) is 5.75 Å². The Balaban J connectivity index is 2.26. The molecule has 2 atom stereocenters. The first kappa shape index (κ1) is 20.5. The lowest BCUT2D eigenvalue weighted by Crippen LogP contribution is -2.55. The van der Waals surface area contributed by atoms with Crippen LogP contribution in [-0.2, 0) is 10.3 Å². The number of likely N-dealkylation sites (tertiary alicyclic amines) is 1. The van der Waals surface area contributed by atoms with Crippen molar-refractivity contribution in [3.05, 3.63) is 29.8 Å². The second kappa shape index (κ2) is 7.84. The summed E-state index contributed by atoms with van der Waals surface area (Å²) in [7, 11) is 5.56. The molecule has 1 aromatic carbocycles. The van der Waals surface area contributed by atoms with Gasteiger partial charge in [0.05, 0.1) is 12.7 Å². The standard InChI is InChI=1S/C20H32N2O4/c1-19(2,3)26-18(23)22-11-10-20(24,16(14-22)13-21(4)5)15-8-7-9-17(12-15)25-6/h7-9,12,16,24H,10-11,13-14H2,1-6H3. The minimum Gasteiger partial charge on any atom is -0.497 e. The Morgan fingerprint density at radius 3 is 2.65 bits per heavy atom. The Labute approximate surface area is 156 Å². The summed E-state index contributed by atoms with van der Waals surface area (Å²) in [5, 5.41) is 11.5. The summed E-state index contributed by atoms with van der Waals surface area (Å²) < 4.78 is 10.8. The first-order chi connectivity index (χ1) is 12.0. The summed E-state index contributed by atoms with van der Waals surface area (Å²) in [6, 6.07) is 7.56. The van der Waals surface area contributed by atoms with E-state index in [9.17, 15) is 9.90 Å². The molecule has 2 rings (SSSR count). The third-order valence-corrected chi connectivity index (χ3v) is 4.69. The topological polar surface area (TPSA) is 62.2 Å². The van der Waals surface area contributed by atoms with Gasteiger partial charge in [0, 0.05) is 25.6 Å². The van der Waals surface area contributed by atoms with Gasteiger partial charge in [-0.2, -0.15) is 0 Å². The molecule has 0 radical (unpaired) electrons. The molecule has 2 unspecified atom stereocenters. The van der Waals surface area contributed by atoms with Gasteiger partial charge in [-0.1, -0.05) is 12.1 Å². The molecule has 1 aliphatic heterocycles. The molecule has 6 heteroatoms. The predicted molar refractivity (Wildman–Crippen MR) is 101 cm³/mol. The smallest absolute Gasteiger partial charge is 0.410 e. The lowest BCUT2D eigenvalue weighted by atomic mass is 9.75. The molecule has 6 nitrogen and oxygen atoms in total. The van der Waals surface area contributed by atoms with Gasteiger partial charge in [0.25, 0.3) is 0 Å². The van der Waals surface area contributed by atoms with E-state index < -0.39 is 11.2 Å². The number of nitrogens with zero attached hydrogens (tertiary/aromatic N) is 2. The third kappa shape index (κ3) is 4.89. The van der Waals surface area contributed by atoms with E-state index in [-0.39, 0.29) is 12.0 Å². The molecule has 146 valence electrons. The summed E-state index contributed by atoms with van der Waals surface area (Å²) in [5.41, 5.74) is -0.723. The Hall–Kier alpha value is -1.79. The Morgan fingerprint density at radius 1 is 1.38 bits per heavy atom. The largest absolute Gasteiger partial charge is 0.497 e. The van der Waals surface area contributed by atoms with Gasteiger partial charge in [-0.05, 0) is 59.0 Å². The van der Waals surface area contributed by atoms with Crippen LogP contribution < -0.4 is 4.74 Å². The summed E-state index contributed by atoms with van der Waals surface area (Å²) in [6.45, 7) is 7.14. The van der Waals surface area contributed by atoms with Crippen LogP contribution in [0.2, 0.25) is 0 Å². The normalized spacial score (nSPS) is 23.8. The van der Waals surface area contributed by atoms with E-state index in [0.29, 0.717) is 31.8 Å². The highest BCUT2D eigenvalue weighted by atomic mass is 16.6. The average Bonchev–Trinajstić information content (AvgIpc) is 2.55. The maximum atomic E-state index is 12.5. The molecule has 1 N–H and O–H groups in total. The van der Waals surface area contributed by atoms with Gasteiger partial charge in [0.2, 0.25) is 0 Å². The second-order valence-corrected chi connectivity index (χ2v) is 8.29. The van der Waals surface area contributed by atoms with E-state index in [0.717, 1.165) is 5.56 Å². The van der Waals surface area contributed by atoms with Crippen molar-refractivity contribution in [1.29, 1.82) is 0 Å². The Bertz CT molecular complexity index is 626. The molecule has 0 bridgehead atoms. The van der Waals surface area contributed by atoms with E-state index >= 15 is 0 Å². The molecule has 1 amide bonds. The summed E-state index contributed by atoms with van der Waals surface area (Å²) in [6.07, 6.45) is 0.131. The molecule has 1 aliphatic rings. The van der Waals surface area contributed by atoms with Crippen molar-refractivity contribution in [1.82, 2.24) is 9.80 Å². The fraction of sp³-hybridized carbons (Fsp3) is 0.650. The van der Waals surface area contributed by atoms with Gasteiger partial charge >= 0.3 is 6.09 Å². The van der Waals surface area contributed by atoms with Crippen molar-refractivity contribution in [3.63, 3.8) is 0 Å². The fourth-order valence-corrected chi connectivity index (χ4v) is 3.43. The molecule has 1 heterocycles. The SMILES string of the molecule is COc1cccc(C2(O)CCN(C(=O)OC(C)(C)C)CC2CN(C)C)c1. The van der Waals surface area contributed by atoms with Crippen LogP contribution in [-0.4, -0.2) is 67.4 Å². The van der Waals surface area contributed by atoms with Crippen molar-refractivity contribution < 1.29 is 19.4 Å². The predicted octanol–water partition coefficient (Wildman–Crippen LogP) is 2.70.